The maximum absolute atomic E-state index is 12.0. The van der Waals surface area contributed by atoms with E-state index in [1.807, 2.05) is 0 Å². The molecule has 0 aromatic heterocycles. The van der Waals surface area contributed by atoms with Gasteiger partial charge >= 0.3 is 0 Å². The molecule has 0 unspecified atom stereocenters. The first-order valence-electron chi connectivity index (χ1n) is 7.29. The van der Waals surface area contributed by atoms with Crippen LogP contribution in [0.4, 0.5) is 5.69 Å². The van der Waals surface area contributed by atoms with E-state index in [0.29, 0.717) is 34.5 Å². The number of carbonyl (C=O) groups excluding carboxylic acids is 1. The molecule has 0 atom stereocenters. The topological polar surface area (TPSA) is 29.1 Å². The molecular weight excluding hydrogens is 317 g/mol. The summed E-state index contributed by atoms with van der Waals surface area (Å²) in [5, 5.41) is 3.83. The maximum Gasteiger partial charge on any atom is 0.224 e. The maximum atomic E-state index is 12.0. The van der Waals surface area contributed by atoms with Crippen molar-refractivity contribution in [2.24, 2.45) is 0 Å². The van der Waals surface area contributed by atoms with E-state index in [4.69, 9.17) is 23.2 Å². The summed E-state index contributed by atoms with van der Waals surface area (Å²) in [7, 11) is 0. The van der Waals surface area contributed by atoms with Crippen LogP contribution in [0.5, 0.6) is 0 Å². The molecule has 0 saturated heterocycles. The van der Waals surface area contributed by atoms with Crippen LogP contribution in [-0.4, -0.2) is 5.91 Å². The summed E-state index contributed by atoms with van der Waals surface area (Å²) < 4.78 is 0. The van der Waals surface area contributed by atoms with Crippen LogP contribution >= 0.6 is 23.2 Å². The van der Waals surface area contributed by atoms with E-state index in [0.717, 1.165) is 5.56 Å². The van der Waals surface area contributed by atoms with Gasteiger partial charge in [0, 0.05) is 11.4 Å². The zero-order valence-corrected chi connectivity index (χ0v) is 14.2. The fraction of sp³-hybridized carbons (Fsp3) is 0.278. The number of aryl methyl sites for hydroxylation is 1. The first kappa shape index (κ1) is 16.9. The van der Waals surface area contributed by atoms with E-state index < -0.39 is 0 Å². The molecule has 0 spiro atoms. The average Bonchev–Trinajstić information content (AvgIpc) is 2.49. The van der Waals surface area contributed by atoms with Gasteiger partial charge in [-0.2, -0.15) is 0 Å². The van der Waals surface area contributed by atoms with Crippen molar-refractivity contribution in [1.29, 1.82) is 0 Å². The summed E-state index contributed by atoms with van der Waals surface area (Å²) in [5.41, 5.74) is 3.00. The Hall–Kier alpha value is -1.51. The second-order valence-corrected chi connectivity index (χ2v) is 6.41. The third kappa shape index (κ3) is 4.75. The van der Waals surface area contributed by atoms with E-state index in [2.05, 4.69) is 43.4 Å². The lowest BCUT2D eigenvalue weighted by Crippen LogP contribution is -2.12. The number of hydrogen-bond acceptors (Lipinski definition) is 1. The highest BCUT2D eigenvalue weighted by Gasteiger charge is 2.07. The molecule has 0 radical (unpaired) electrons. The Morgan fingerprint density at radius 3 is 2.41 bits per heavy atom. The zero-order chi connectivity index (χ0) is 16.1. The second-order valence-electron chi connectivity index (χ2n) is 5.57. The second kappa shape index (κ2) is 7.66. The summed E-state index contributed by atoms with van der Waals surface area (Å²) in [6, 6.07) is 13.4. The van der Waals surface area contributed by atoms with E-state index in [1.54, 1.807) is 18.2 Å². The van der Waals surface area contributed by atoms with Crippen LogP contribution in [0.1, 0.15) is 37.3 Å². The van der Waals surface area contributed by atoms with Gasteiger partial charge in [0.2, 0.25) is 5.91 Å². The molecule has 2 aromatic carbocycles. The summed E-state index contributed by atoms with van der Waals surface area (Å²) in [6.45, 7) is 4.33. The number of rotatable bonds is 5. The lowest BCUT2D eigenvalue weighted by atomic mass is 10.0. The first-order chi connectivity index (χ1) is 10.5. The van der Waals surface area contributed by atoms with Gasteiger partial charge in [-0.1, -0.05) is 61.3 Å². The van der Waals surface area contributed by atoms with Crippen LogP contribution in [0.2, 0.25) is 10.0 Å². The summed E-state index contributed by atoms with van der Waals surface area (Å²) in [4.78, 5) is 12.0. The quantitative estimate of drug-likeness (QED) is 0.747. The van der Waals surface area contributed by atoms with Crippen molar-refractivity contribution in [3.63, 3.8) is 0 Å². The molecule has 0 aliphatic carbocycles. The zero-order valence-electron chi connectivity index (χ0n) is 12.7. The number of carbonyl (C=O) groups is 1. The van der Waals surface area contributed by atoms with Gasteiger partial charge < -0.3 is 5.32 Å². The fourth-order valence-corrected chi connectivity index (χ4v) is 2.47. The molecule has 0 saturated carbocycles. The molecule has 22 heavy (non-hydrogen) atoms. The Morgan fingerprint density at radius 2 is 1.77 bits per heavy atom. The number of halogens is 2. The Labute approximate surface area is 141 Å². The van der Waals surface area contributed by atoms with Crippen LogP contribution in [0.25, 0.3) is 0 Å². The highest BCUT2D eigenvalue weighted by molar-refractivity contribution is 6.35. The Morgan fingerprint density at radius 1 is 1.09 bits per heavy atom. The van der Waals surface area contributed by atoms with E-state index in [9.17, 15) is 4.79 Å². The van der Waals surface area contributed by atoms with E-state index in [-0.39, 0.29) is 5.91 Å². The molecule has 1 N–H and O–H groups in total. The Balaban J connectivity index is 1.91. The highest BCUT2D eigenvalue weighted by atomic mass is 35.5. The largest absolute Gasteiger partial charge is 0.325 e. The molecule has 0 aliphatic rings. The minimum Gasteiger partial charge on any atom is -0.325 e. The van der Waals surface area contributed by atoms with Crippen molar-refractivity contribution in [1.82, 2.24) is 0 Å². The minimum absolute atomic E-state index is 0.0721. The van der Waals surface area contributed by atoms with E-state index >= 15 is 0 Å². The van der Waals surface area contributed by atoms with Crippen LogP contribution in [0.3, 0.4) is 0 Å². The minimum atomic E-state index is -0.0721. The van der Waals surface area contributed by atoms with Crippen molar-refractivity contribution < 1.29 is 4.79 Å². The smallest absolute Gasteiger partial charge is 0.224 e. The lowest BCUT2D eigenvalue weighted by molar-refractivity contribution is -0.116. The van der Waals surface area contributed by atoms with Gasteiger partial charge in [0.25, 0.3) is 0 Å². The molecule has 1 amide bonds. The summed E-state index contributed by atoms with van der Waals surface area (Å²) >= 11 is 11.9. The number of amides is 1. The average molecular weight is 336 g/mol. The van der Waals surface area contributed by atoms with Crippen LogP contribution in [-0.2, 0) is 11.2 Å². The Bertz CT molecular complexity index is 651. The standard InChI is InChI=1S/C18H19Cl2NO/c1-12(2)14-6-3-13(4-7-14)5-10-18(22)21-17-11-15(19)8-9-16(17)20/h3-4,6-9,11-12H,5,10H2,1-2H3,(H,21,22). The van der Waals surface area contributed by atoms with Crippen molar-refractivity contribution >= 4 is 34.8 Å². The van der Waals surface area contributed by atoms with Gasteiger partial charge in [0.05, 0.1) is 10.7 Å². The van der Waals surface area contributed by atoms with Crippen LogP contribution < -0.4 is 5.32 Å². The summed E-state index contributed by atoms with van der Waals surface area (Å²) in [5.74, 6) is 0.444. The van der Waals surface area contributed by atoms with Gasteiger partial charge in [0.15, 0.2) is 0 Å². The van der Waals surface area contributed by atoms with Crippen molar-refractivity contribution in [2.75, 3.05) is 5.32 Å². The van der Waals surface area contributed by atoms with Gasteiger partial charge in [-0.05, 0) is 41.7 Å². The molecule has 0 aliphatic heterocycles. The number of nitrogens with one attached hydrogen (secondary N) is 1. The molecule has 116 valence electrons. The van der Waals surface area contributed by atoms with Crippen LogP contribution in [0.15, 0.2) is 42.5 Å². The van der Waals surface area contributed by atoms with Crippen LogP contribution in [0, 0.1) is 0 Å². The Kier molecular flexibility index (Phi) is 5.87. The molecule has 2 aromatic rings. The highest BCUT2D eigenvalue weighted by Crippen LogP contribution is 2.25. The molecule has 0 bridgehead atoms. The number of anilines is 1. The lowest BCUT2D eigenvalue weighted by Gasteiger charge is -2.09. The normalized spacial score (nSPS) is 10.8. The molecule has 2 nitrogen and oxygen atoms in total. The van der Waals surface area contributed by atoms with Crippen molar-refractivity contribution in [3.05, 3.63) is 63.6 Å². The predicted molar refractivity (Wildman–Crippen MR) is 93.9 cm³/mol. The molecule has 2 rings (SSSR count). The monoisotopic (exact) mass is 335 g/mol. The summed E-state index contributed by atoms with van der Waals surface area (Å²) in [6.07, 6.45) is 1.10. The number of hydrogen-bond donors (Lipinski definition) is 1. The van der Waals surface area contributed by atoms with Gasteiger partial charge in [-0.3, -0.25) is 4.79 Å². The predicted octanol–water partition coefficient (Wildman–Crippen LogP) is 5.69. The molecule has 0 heterocycles. The number of benzene rings is 2. The van der Waals surface area contributed by atoms with Crippen molar-refractivity contribution in [3.8, 4) is 0 Å². The van der Waals surface area contributed by atoms with Crippen molar-refractivity contribution in [2.45, 2.75) is 32.6 Å². The molecule has 0 fully saturated rings. The SMILES string of the molecule is CC(C)c1ccc(CCC(=O)Nc2cc(Cl)ccc2Cl)cc1. The third-order valence-electron chi connectivity index (χ3n) is 3.49. The fourth-order valence-electron chi connectivity index (χ4n) is 2.13. The van der Waals surface area contributed by atoms with Gasteiger partial charge in [-0.15, -0.1) is 0 Å². The van der Waals surface area contributed by atoms with Gasteiger partial charge in [0.1, 0.15) is 0 Å². The van der Waals surface area contributed by atoms with Gasteiger partial charge in [-0.25, -0.2) is 0 Å². The van der Waals surface area contributed by atoms with E-state index in [1.165, 1.54) is 5.56 Å². The molecular formula is C18H19Cl2NO. The first-order valence-corrected chi connectivity index (χ1v) is 8.05. The third-order valence-corrected chi connectivity index (χ3v) is 4.05. The molecule has 4 heteroatoms.